The molecule has 0 bridgehead atoms. The van der Waals surface area contributed by atoms with Crippen LogP contribution in [0.3, 0.4) is 0 Å². The molecule has 4 rings (SSSR count). The third kappa shape index (κ3) is 4.25. The molecular weight excluding hydrogens is 392 g/mol. The van der Waals surface area contributed by atoms with Crippen molar-refractivity contribution in [2.45, 2.75) is 20.8 Å². The van der Waals surface area contributed by atoms with Gasteiger partial charge in [0.15, 0.2) is 5.76 Å². The van der Waals surface area contributed by atoms with Gasteiger partial charge >= 0.3 is 0 Å². The van der Waals surface area contributed by atoms with E-state index in [1.165, 1.54) is 0 Å². The molecule has 4 aromatic rings. The number of anilines is 2. The summed E-state index contributed by atoms with van der Waals surface area (Å²) in [5.41, 5.74) is 11.1. The van der Waals surface area contributed by atoms with Crippen LogP contribution in [0.15, 0.2) is 64.1 Å². The van der Waals surface area contributed by atoms with E-state index < -0.39 is 5.91 Å². The summed E-state index contributed by atoms with van der Waals surface area (Å²) in [5, 5.41) is 3.15. The van der Waals surface area contributed by atoms with Gasteiger partial charge in [-0.3, -0.25) is 9.59 Å². The summed E-state index contributed by atoms with van der Waals surface area (Å²) in [6, 6.07) is 13.2. The Kier molecular flexibility index (Phi) is 5.17. The molecule has 7 nitrogen and oxygen atoms in total. The van der Waals surface area contributed by atoms with Crippen LogP contribution in [-0.4, -0.2) is 15.9 Å². The lowest BCUT2D eigenvalue weighted by atomic mass is 9.97. The summed E-state index contributed by atoms with van der Waals surface area (Å²) >= 11 is 0. The van der Waals surface area contributed by atoms with E-state index in [1.807, 2.05) is 32.9 Å². The zero-order chi connectivity index (χ0) is 22.1. The van der Waals surface area contributed by atoms with Gasteiger partial charge in [0.1, 0.15) is 0 Å². The second-order valence-corrected chi connectivity index (χ2v) is 7.56. The first-order valence-electron chi connectivity index (χ1n) is 9.75. The molecular formula is C24H22N4O3. The first-order chi connectivity index (χ1) is 14.8. The Hall–Kier alpha value is -4.13. The maximum absolute atomic E-state index is 12.4. The SMILES string of the molecule is Cc1cc(C)cc(Nc2ncc(-c3cc(C(N)=O)cc(-c4c(C)cc[nH]c4=O)c3)o2)c1. The van der Waals surface area contributed by atoms with Gasteiger partial charge < -0.3 is 20.5 Å². The van der Waals surface area contributed by atoms with Crippen LogP contribution in [0, 0.1) is 20.8 Å². The molecule has 0 atom stereocenters. The number of nitrogens with zero attached hydrogens (tertiary/aromatic N) is 1. The van der Waals surface area contributed by atoms with E-state index in [0.29, 0.717) is 28.5 Å². The fourth-order valence-corrected chi connectivity index (χ4v) is 3.63. The van der Waals surface area contributed by atoms with Gasteiger partial charge in [-0.15, -0.1) is 0 Å². The summed E-state index contributed by atoms with van der Waals surface area (Å²) in [4.78, 5) is 31.3. The molecule has 0 saturated carbocycles. The minimum absolute atomic E-state index is 0.248. The van der Waals surface area contributed by atoms with Crippen molar-refractivity contribution in [3.63, 3.8) is 0 Å². The zero-order valence-corrected chi connectivity index (χ0v) is 17.4. The molecule has 0 aliphatic carbocycles. The molecule has 0 radical (unpaired) electrons. The van der Waals surface area contributed by atoms with Crippen molar-refractivity contribution in [1.29, 1.82) is 0 Å². The zero-order valence-electron chi connectivity index (χ0n) is 17.4. The van der Waals surface area contributed by atoms with Gasteiger partial charge in [0.2, 0.25) is 5.91 Å². The maximum atomic E-state index is 12.4. The average Bonchev–Trinajstić information content (AvgIpc) is 3.15. The van der Waals surface area contributed by atoms with Gasteiger partial charge in [-0.2, -0.15) is 0 Å². The van der Waals surface area contributed by atoms with Crippen LogP contribution >= 0.6 is 0 Å². The van der Waals surface area contributed by atoms with E-state index in [1.54, 1.807) is 36.7 Å². The van der Waals surface area contributed by atoms with Crippen molar-refractivity contribution < 1.29 is 9.21 Å². The van der Waals surface area contributed by atoms with Crippen LogP contribution in [0.4, 0.5) is 11.7 Å². The molecule has 7 heteroatoms. The predicted molar refractivity (Wildman–Crippen MR) is 120 cm³/mol. The van der Waals surface area contributed by atoms with Crippen molar-refractivity contribution in [1.82, 2.24) is 9.97 Å². The van der Waals surface area contributed by atoms with Crippen LogP contribution in [0.25, 0.3) is 22.5 Å². The average molecular weight is 414 g/mol. The Morgan fingerprint density at radius 1 is 1.03 bits per heavy atom. The Morgan fingerprint density at radius 2 is 1.74 bits per heavy atom. The summed E-state index contributed by atoms with van der Waals surface area (Å²) in [7, 11) is 0. The second kappa shape index (κ2) is 7.95. The number of benzene rings is 2. The molecule has 0 aliphatic heterocycles. The van der Waals surface area contributed by atoms with Crippen molar-refractivity contribution >= 4 is 17.6 Å². The monoisotopic (exact) mass is 414 g/mol. The first kappa shape index (κ1) is 20.2. The fourth-order valence-electron chi connectivity index (χ4n) is 3.63. The van der Waals surface area contributed by atoms with E-state index in [2.05, 4.69) is 21.4 Å². The Bertz CT molecular complexity index is 1330. The number of primary amides is 1. The van der Waals surface area contributed by atoms with Gasteiger partial charge in [-0.05, 0) is 79.4 Å². The largest absolute Gasteiger partial charge is 0.423 e. The van der Waals surface area contributed by atoms with Crippen LogP contribution in [0.5, 0.6) is 0 Å². The molecule has 2 heterocycles. The molecule has 2 aromatic heterocycles. The van der Waals surface area contributed by atoms with E-state index in [-0.39, 0.29) is 11.1 Å². The number of carbonyl (C=O) groups excluding carboxylic acids is 1. The molecule has 2 aromatic carbocycles. The molecule has 0 unspecified atom stereocenters. The second-order valence-electron chi connectivity index (χ2n) is 7.56. The minimum Gasteiger partial charge on any atom is -0.423 e. The summed E-state index contributed by atoms with van der Waals surface area (Å²) < 4.78 is 5.88. The van der Waals surface area contributed by atoms with Gasteiger partial charge in [0.25, 0.3) is 11.6 Å². The number of amides is 1. The number of pyridine rings is 1. The van der Waals surface area contributed by atoms with E-state index in [9.17, 15) is 9.59 Å². The number of hydrogen-bond acceptors (Lipinski definition) is 5. The van der Waals surface area contributed by atoms with Gasteiger partial charge in [0, 0.05) is 28.6 Å². The number of aromatic amines is 1. The highest BCUT2D eigenvalue weighted by molar-refractivity contribution is 5.96. The fraction of sp³-hybridized carbons (Fsp3) is 0.125. The van der Waals surface area contributed by atoms with Crippen LogP contribution in [-0.2, 0) is 0 Å². The van der Waals surface area contributed by atoms with Crippen LogP contribution in [0.2, 0.25) is 0 Å². The van der Waals surface area contributed by atoms with Crippen LogP contribution < -0.4 is 16.6 Å². The molecule has 0 fully saturated rings. The number of H-pyrrole nitrogens is 1. The Labute approximate surface area is 179 Å². The summed E-state index contributed by atoms with van der Waals surface area (Å²) in [6.07, 6.45) is 3.15. The number of oxazole rings is 1. The van der Waals surface area contributed by atoms with E-state index >= 15 is 0 Å². The number of nitrogens with two attached hydrogens (primary N) is 1. The van der Waals surface area contributed by atoms with Crippen molar-refractivity contribution in [3.8, 4) is 22.5 Å². The number of carbonyl (C=O) groups is 1. The molecule has 156 valence electrons. The quantitative estimate of drug-likeness (QED) is 0.446. The molecule has 0 saturated heterocycles. The summed E-state index contributed by atoms with van der Waals surface area (Å²) in [6.45, 7) is 5.87. The Balaban J connectivity index is 1.75. The highest BCUT2D eigenvalue weighted by Gasteiger charge is 2.15. The molecule has 1 amide bonds. The lowest BCUT2D eigenvalue weighted by Gasteiger charge is -2.09. The number of rotatable bonds is 5. The first-order valence-corrected chi connectivity index (χ1v) is 9.75. The third-order valence-electron chi connectivity index (χ3n) is 4.94. The maximum Gasteiger partial charge on any atom is 0.299 e. The van der Waals surface area contributed by atoms with Crippen molar-refractivity contribution in [3.05, 3.63) is 87.5 Å². The summed E-state index contributed by atoms with van der Waals surface area (Å²) in [5.74, 6) is -0.151. The predicted octanol–water partition coefficient (Wildman–Crippen LogP) is 4.46. The minimum atomic E-state index is -0.596. The normalized spacial score (nSPS) is 10.8. The van der Waals surface area contributed by atoms with Gasteiger partial charge in [0.05, 0.1) is 6.20 Å². The van der Waals surface area contributed by atoms with Crippen molar-refractivity contribution in [2.75, 3.05) is 5.32 Å². The number of hydrogen-bond donors (Lipinski definition) is 3. The molecule has 4 N–H and O–H groups in total. The molecule has 0 aliphatic rings. The Morgan fingerprint density at radius 3 is 2.42 bits per heavy atom. The molecule has 0 spiro atoms. The topological polar surface area (TPSA) is 114 Å². The lowest BCUT2D eigenvalue weighted by Crippen LogP contribution is -2.13. The number of aromatic nitrogens is 2. The third-order valence-corrected chi connectivity index (χ3v) is 4.94. The smallest absolute Gasteiger partial charge is 0.299 e. The standard InChI is InChI=1S/C24H22N4O3/c1-13-6-14(2)8-19(7-13)28-24-27-12-20(31-24)16-9-17(11-18(10-16)22(25)29)21-15(3)4-5-26-23(21)30/h4-12H,1-3H3,(H2,25,29)(H,26,30)(H,27,28). The lowest BCUT2D eigenvalue weighted by molar-refractivity contribution is 0.100. The highest BCUT2D eigenvalue weighted by atomic mass is 16.4. The number of aryl methyl sites for hydroxylation is 3. The van der Waals surface area contributed by atoms with Gasteiger partial charge in [-0.1, -0.05) is 6.07 Å². The van der Waals surface area contributed by atoms with Gasteiger partial charge in [-0.25, -0.2) is 4.98 Å². The van der Waals surface area contributed by atoms with E-state index in [0.717, 1.165) is 22.4 Å². The van der Waals surface area contributed by atoms with E-state index in [4.69, 9.17) is 10.2 Å². The number of nitrogens with one attached hydrogen (secondary N) is 2. The molecule has 31 heavy (non-hydrogen) atoms. The van der Waals surface area contributed by atoms with Crippen molar-refractivity contribution in [2.24, 2.45) is 5.73 Å². The highest BCUT2D eigenvalue weighted by Crippen LogP contribution is 2.30. The van der Waals surface area contributed by atoms with Crippen LogP contribution in [0.1, 0.15) is 27.0 Å².